The molecule has 2 heterocycles. The first kappa shape index (κ1) is 19.6. The molecular formula is C22H23FN4OS. The molecule has 2 aromatic carbocycles. The highest BCUT2D eigenvalue weighted by molar-refractivity contribution is 8.15. The Morgan fingerprint density at radius 3 is 2.48 bits per heavy atom. The number of hydrogen-bond donors (Lipinski definition) is 1. The molecule has 0 unspecified atom stereocenters. The molecule has 1 fully saturated rings. The first-order valence-electron chi connectivity index (χ1n) is 9.79. The summed E-state index contributed by atoms with van der Waals surface area (Å²) in [5.74, 6) is 0.492. The largest absolute Gasteiger partial charge is 0.324 e. The summed E-state index contributed by atoms with van der Waals surface area (Å²) in [4.78, 5) is 24.2. The summed E-state index contributed by atoms with van der Waals surface area (Å²) in [5.41, 5.74) is 1.71. The minimum Gasteiger partial charge on any atom is -0.324 e. The lowest BCUT2D eigenvalue weighted by molar-refractivity contribution is 0.175. The molecule has 0 radical (unpaired) electrons. The zero-order chi connectivity index (χ0) is 20.3. The Hall–Kier alpha value is -2.67. The van der Waals surface area contributed by atoms with E-state index in [0.717, 1.165) is 22.1 Å². The maximum atomic E-state index is 13.8. The summed E-state index contributed by atoms with van der Waals surface area (Å²) in [6.07, 6.45) is 1.31. The molecule has 2 aliphatic rings. The van der Waals surface area contributed by atoms with Crippen molar-refractivity contribution < 1.29 is 9.18 Å². The molecule has 0 saturated carbocycles. The molecule has 0 bridgehead atoms. The molecular weight excluding hydrogens is 387 g/mol. The van der Waals surface area contributed by atoms with E-state index < -0.39 is 11.5 Å². The van der Waals surface area contributed by atoms with Crippen LogP contribution >= 0.6 is 11.8 Å². The SMILES string of the molecule is CCSC1=NC2(CCN(C(=O)Nc3ccccc3F)CC2)N=C1c1ccccc1. The van der Waals surface area contributed by atoms with Crippen molar-refractivity contribution in [3.8, 4) is 0 Å². The van der Waals surface area contributed by atoms with Crippen LogP contribution in [0.2, 0.25) is 0 Å². The van der Waals surface area contributed by atoms with E-state index in [1.807, 2.05) is 18.2 Å². The summed E-state index contributed by atoms with van der Waals surface area (Å²) < 4.78 is 13.8. The van der Waals surface area contributed by atoms with Gasteiger partial charge in [0.15, 0.2) is 5.66 Å². The number of hydrogen-bond acceptors (Lipinski definition) is 4. The minimum absolute atomic E-state index is 0.197. The molecule has 0 aromatic heterocycles. The number of rotatable bonds is 3. The van der Waals surface area contributed by atoms with Gasteiger partial charge < -0.3 is 10.2 Å². The third kappa shape index (κ3) is 4.19. The van der Waals surface area contributed by atoms with Crippen LogP contribution < -0.4 is 5.32 Å². The Morgan fingerprint density at radius 1 is 1.10 bits per heavy atom. The van der Waals surface area contributed by atoms with Crippen molar-refractivity contribution in [1.29, 1.82) is 0 Å². The van der Waals surface area contributed by atoms with Crippen LogP contribution in [0.25, 0.3) is 0 Å². The van der Waals surface area contributed by atoms with Crippen LogP contribution in [0.15, 0.2) is 64.6 Å². The molecule has 1 spiro atoms. The molecule has 150 valence electrons. The number of thioether (sulfide) groups is 1. The van der Waals surface area contributed by atoms with Gasteiger partial charge in [-0.05, 0) is 17.9 Å². The summed E-state index contributed by atoms with van der Waals surface area (Å²) >= 11 is 1.70. The number of para-hydroxylation sites is 1. The molecule has 1 saturated heterocycles. The number of amides is 2. The maximum Gasteiger partial charge on any atom is 0.321 e. The second-order valence-corrected chi connectivity index (χ2v) is 8.31. The highest BCUT2D eigenvalue weighted by Gasteiger charge is 2.40. The van der Waals surface area contributed by atoms with Gasteiger partial charge in [0.2, 0.25) is 0 Å². The van der Waals surface area contributed by atoms with Gasteiger partial charge in [0, 0.05) is 31.5 Å². The van der Waals surface area contributed by atoms with Gasteiger partial charge in [-0.15, -0.1) is 11.8 Å². The van der Waals surface area contributed by atoms with E-state index in [9.17, 15) is 9.18 Å². The van der Waals surface area contributed by atoms with Gasteiger partial charge in [-0.3, -0.25) is 4.99 Å². The first-order valence-corrected chi connectivity index (χ1v) is 10.8. The number of piperidine rings is 1. The normalized spacial score (nSPS) is 17.8. The van der Waals surface area contributed by atoms with Gasteiger partial charge >= 0.3 is 6.03 Å². The molecule has 0 atom stereocenters. The van der Waals surface area contributed by atoms with Crippen molar-refractivity contribution in [1.82, 2.24) is 4.90 Å². The van der Waals surface area contributed by atoms with Crippen LogP contribution in [0.3, 0.4) is 0 Å². The van der Waals surface area contributed by atoms with Crippen molar-refractivity contribution in [3.63, 3.8) is 0 Å². The Bertz CT molecular complexity index is 952. The van der Waals surface area contributed by atoms with E-state index in [1.165, 1.54) is 6.07 Å². The highest BCUT2D eigenvalue weighted by Crippen LogP contribution is 2.35. The third-order valence-electron chi connectivity index (χ3n) is 5.13. The number of carbonyl (C=O) groups is 1. The minimum atomic E-state index is -0.503. The Balaban J connectivity index is 1.47. The fraction of sp³-hybridized carbons (Fsp3) is 0.318. The lowest BCUT2D eigenvalue weighted by atomic mass is 9.98. The quantitative estimate of drug-likeness (QED) is 0.790. The van der Waals surface area contributed by atoms with Crippen molar-refractivity contribution >= 4 is 34.2 Å². The fourth-order valence-corrected chi connectivity index (χ4v) is 4.40. The maximum absolute atomic E-state index is 13.8. The molecule has 4 rings (SSSR count). The fourth-order valence-electron chi connectivity index (χ4n) is 3.59. The lowest BCUT2D eigenvalue weighted by Gasteiger charge is -2.35. The number of aliphatic imine (C=N–C) groups is 2. The van der Waals surface area contributed by atoms with Gasteiger partial charge in [0.05, 0.1) is 11.4 Å². The molecule has 7 heteroatoms. The monoisotopic (exact) mass is 410 g/mol. The van der Waals surface area contributed by atoms with Crippen LogP contribution in [0.5, 0.6) is 0 Å². The Labute approximate surface area is 174 Å². The van der Waals surface area contributed by atoms with Crippen molar-refractivity contribution in [2.24, 2.45) is 9.98 Å². The van der Waals surface area contributed by atoms with Crippen LogP contribution in [0, 0.1) is 5.82 Å². The Kier molecular flexibility index (Phi) is 5.67. The standard InChI is InChI=1S/C22H23FN4OS/c1-2-29-20-19(16-8-4-3-5-9-16)25-22(26-20)12-14-27(15-13-22)21(28)24-18-11-7-6-10-17(18)23/h3-11H,2,12-15H2,1H3,(H,24,28). The van der Waals surface area contributed by atoms with E-state index in [4.69, 9.17) is 9.98 Å². The van der Waals surface area contributed by atoms with Crippen molar-refractivity contribution in [2.45, 2.75) is 25.4 Å². The van der Waals surface area contributed by atoms with Crippen LogP contribution in [0.4, 0.5) is 14.9 Å². The number of likely N-dealkylation sites (tertiary alicyclic amines) is 1. The zero-order valence-electron chi connectivity index (χ0n) is 16.3. The van der Waals surface area contributed by atoms with E-state index in [2.05, 4.69) is 24.4 Å². The number of benzene rings is 2. The zero-order valence-corrected chi connectivity index (χ0v) is 17.1. The topological polar surface area (TPSA) is 57.1 Å². The number of anilines is 1. The van der Waals surface area contributed by atoms with Crippen LogP contribution in [-0.4, -0.2) is 46.2 Å². The predicted molar refractivity (Wildman–Crippen MR) is 118 cm³/mol. The average molecular weight is 411 g/mol. The molecule has 1 N–H and O–H groups in total. The molecule has 0 aliphatic carbocycles. The smallest absolute Gasteiger partial charge is 0.321 e. The van der Waals surface area contributed by atoms with Gasteiger partial charge in [-0.2, -0.15) is 0 Å². The number of nitrogens with zero attached hydrogens (tertiary/aromatic N) is 3. The van der Waals surface area contributed by atoms with Gasteiger partial charge in [0.1, 0.15) is 10.9 Å². The Morgan fingerprint density at radius 2 is 1.79 bits per heavy atom. The lowest BCUT2D eigenvalue weighted by Crippen LogP contribution is -2.46. The van der Waals surface area contributed by atoms with Gasteiger partial charge in [-0.1, -0.05) is 49.4 Å². The van der Waals surface area contributed by atoms with E-state index >= 15 is 0 Å². The van der Waals surface area contributed by atoms with Crippen LogP contribution in [0.1, 0.15) is 25.3 Å². The van der Waals surface area contributed by atoms with Gasteiger partial charge in [-0.25, -0.2) is 14.2 Å². The predicted octanol–water partition coefficient (Wildman–Crippen LogP) is 4.80. The van der Waals surface area contributed by atoms with Crippen molar-refractivity contribution in [3.05, 3.63) is 66.0 Å². The summed E-state index contributed by atoms with van der Waals surface area (Å²) in [7, 11) is 0. The summed E-state index contributed by atoms with van der Waals surface area (Å²) in [6, 6.07) is 16.0. The van der Waals surface area contributed by atoms with E-state index in [-0.39, 0.29) is 11.7 Å². The molecule has 2 aliphatic heterocycles. The second kappa shape index (κ2) is 8.37. The van der Waals surface area contributed by atoms with Crippen LogP contribution in [-0.2, 0) is 0 Å². The molecule has 29 heavy (non-hydrogen) atoms. The summed E-state index contributed by atoms with van der Waals surface area (Å²) in [5, 5.41) is 3.63. The molecule has 2 aromatic rings. The summed E-state index contributed by atoms with van der Waals surface area (Å²) in [6.45, 7) is 3.16. The molecule has 2 amide bonds. The number of halogens is 1. The average Bonchev–Trinajstić information content (AvgIpc) is 3.09. The van der Waals surface area contributed by atoms with Gasteiger partial charge in [0.25, 0.3) is 0 Å². The number of nitrogens with one attached hydrogen (secondary N) is 1. The number of carbonyl (C=O) groups excluding carboxylic acids is 1. The highest BCUT2D eigenvalue weighted by atomic mass is 32.2. The van der Waals surface area contributed by atoms with E-state index in [1.54, 1.807) is 34.9 Å². The van der Waals surface area contributed by atoms with Crippen molar-refractivity contribution in [2.75, 3.05) is 24.2 Å². The number of urea groups is 1. The second-order valence-electron chi connectivity index (χ2n) is 7.06. The molecule has 5 nitrogen and oxygen atoms in total. The first-order chi connectivity index (χ1) is 14.1. The third-order valence-corrected chi connectivity index (χ3v) is 5.97. The van der Waals surface area contributed by atoms with E-state index in [0.29, 0.717) is 25.9 Å².